The standard InChI is InChI=1S/C20H24BrN3O4S/c1-28-19-8-7-18(21)13-17(19)14-22-20(25)23-9-11-24(12-10-23)29(26,27)15-16-5-3-2-4-6-16/h2-8,13H,9-12,14-15H2,1H3,(H,22,25). The highest BCUT2D eigenvalue weighted by molar-refractivity contribution is 9.10. The molecule has 0 spiro atoms. The van der Waals surface area contributed by atoms with E-state index in [2.05, 4.69) is 21.2 Å². The highest BCUT2D eigenvalue weighted by Gasteiger charge is 2.28. The Morgan fingerprint density at radius 2 is 1.79 bits per heavy atom. The number of ether oxygens (including phenoxy) is 1. The molecule has 2 amide bonds. The van der Waals surface area contributed by atoms with Gasteiger partial charge in [-0.05, 0) is 23.8 Å². The molecule has 1 aliphatic rings. The monoisotopic (exact) mass is 481 g/mol. The molecule has 9 heteroatoms. The summed E-state index contributed by atoms with van der Waals surface area (Å²) in [7, 11) is -1.81. The number of urea groups is 1. The molecule has 156 valence electrons. The quantitative estimate of drug-likeness (QED) is 0.687. The topological polar surface area (TPSA) is 79.0 Å². The fourth-order valence-electron chi connectivity index (χ4n) is 3.21. The molecule has 29 heavy (non-hydrogen) atoms. The number of carbonyl (C=O) groups is 1. The van der Waals surface area contributed by atoms with Gasteiger partial charge in [0.25, 0.3) is 0 Å². The van der Waals surface area contributed by atoms with Gasteiger partial charge in [0.1, 0.15) is 5.75 Å². The molecule has 3 rings (SSSR count). The summed E-state index contributed by atoms with van der Waals surface area (Å²) < 4.78 is 32.9. The molecular weight excluding hydrogens is 458 g/mol. The molecule has 0 unspecified atom stereocenters. The van der Waals surface area contributed by atoms with Crippen molar-refractivity contribution in [2.24, 2.45) is 0 Å². The lowest BCUT2D eigenvalue weighted by atomic mass is 10.2. The van der Waals surface area contributed by atoms with Crippen LogP contribution >= 0.6 is 15.9 Å². The Balaban J connectivity index is 1.52. The van der Waals surface area contributed by atoms with Crippen LogP contribution in [0.2, 0.25) is 0 Å². The summed E-state index contributed by atoms with van der Waals surface area (Å²) in [5.74, 6) is 0.674. The number of piperazine rings is 1. The second-order valence-electron chi connectivity index (χ2n) is 6.74. The fraction of sp³-hybridized carbons (Fsp3) is 0.350. The number of carbonyl (C=O) groups excluding carboxylic acids is 1. The van der Waals surface area contributed by atoms with Crippen LogP contribution in [0.5, 0.6) is 5.75 Å². The Bertz CT molecular complexity index is 945. The summed E-state index contributed by atoms with van der Waals surface area (Å²) in [6.07, 6.45) is 0. The lowest BCUT2D eigenvalue weighted by molar-refractivity contribution is 0.172. The van der Waals surface area contributed by atoms with Crippen LogP contribution in [0.25, 0.3) is 0 Å². The molecule has 0 aromatic heterocycles. The van der Waals surface area contributed by atoms with Crippen molar-refractivity contribution in [2.45, 2.75) is 12.3 Å². The first-order valence-corrected chi connectivity index (χ1v) is 11.7. The molecule has 0 radical (unpaired) electrons. The van der Waals surface area contributed by atoms with Crippen LogP contribution in [-0.2, 0) is 22.3 Å². The van der Waals surface area contributed by atoms with Crippen molar-refractivity contribution in [1.29, 1.82) is 0 Å². The highest BCUT2D eigenvalue weighted by atomic mass is 79.9. The first-order valence-electron chi connectivity index (χ1n) is 9.26. The molecule has 2 aromatic carbocycles. The van der Waals surface area contributed by atoms with E-state index >= 15 is 0 Å². The van der Waals surface area contributed by atoms with Crippen molar-refractivity contribution < 1.29 is 17.9 Å². The van der Waals surface area contributed by atoms with Gasteiger partial charge in [-0.1, -0.05) is 46.3 Å². The smallest absolute Gasteiger partial charge is 0.317 e. The van der Waals surface area contributed by atoms with Crippen LogP contribution in [0.1, 0.15) is 11.1 Å². The summed E-state index contributed by atoms with van der Waals surface area (Å²) in [6, 6.07) is 14.5. The number of nitrogens with zero attached hydrogens (tertiary/aromatic N) is 2. The molecule has 1 fully saturated rings. The lowest BCUT2D eigenvalue weighted by Gasteiger charge is -2.34. The average Bonchev–Trinajstić information content (AvgIpc) is 2.72. The number of methoxy groups -OCH3 is 1. The number of hydrogen-bond donors (Lipinski definition) is 1. The second kappa shape index (κ2) is 9.60. The maximum absolute atomic E-state index is 12.6. The normalized spacial score (nSPS) is 15.2. The van der Waals surface area contributed by atoms with Gasteiger partial charge in [0.05, 0.1) is 12.9 Å². The Kier molecular flexibility index (Phi) is 7.15. The summed E-state index contributed by atoms with van der Waals surface area (Å²) >= 11 is 3.42. The highest BCUT2D eigenvalue weighted by Crippen LogP contribution is 2.23. The summed E-state index contributed by atoms with van der Waals surface area (Å²) in [4.78, 5) is 14.1. The Hall–Kier alpha value is -2.10. The van der Waals surface area contributed by atoms with E-state index in [1.165, 1.54) is 4.31 Å². The minimum Gasteiger partial charge on any atom is -0.496 e. The minimum atomic E-state index is -3.40. The summed E-state index contributed by atoms with van der Waals surface area (Å²) in [5, 5.41) is 2.88. The molecule has 1 N–H and O–H groups in total. The van der Waals surface area contributed by atoms with Gasteiger partial charge in [-0.25, -0.2) is 13.2 Å². The van der Waals surface area contributed by atoms with Crippen LogP contribution < -0.4 is 10.1 Å². The number of sulfonamides is 1. The number of hydrogen-bond acceptors (Lipinski definition) is 4. The van der Waals surface area contributed by atoms with Crippen LogP contribution in [0.4, 0.5) is 4.79 Å². The van der Waals surface area contributed by atoms with Crippen molar-refractivity contribution in [3.8, 4) is 5.75 Å². The van der Waals surface area contributed by atoms with E-state index in [1.54, 1.807) is 24.1 Å². The van der Waals surface area contributed by atoms with Gasteiger partial charge in [-0.15, -0.1) is 0 Å². The van der Waals surface area contributed by atoms with Crippen LogP contribution in [0, 0.1) is 0 Å². The SMILES string of the molecule is COc1ccc(Br)cc1CNC(=O)N1CCN(S(=O)(=O)Cc2ccccc2)CC1. The van der Waals surface area contributed by atoms with E-state index < -0.39 is 10.0 Å². The van der Waals surface area contributed by atoms with Gasteiger partial charge in [0.2, 0.25) is 10.0 Å². The zero-order chi connectivity index (χ0) is 20.9. The largest absolute Gasteiger partial charge is 0.496 e. The van der Waals surface area contributed by atoms with Crippen LogP contribution in [-0.4, -0.2) is 56.9 Å². The first kappa shape index (κ1) is 21.6. The van der Waals surface area contributed by atoms with Crippen molar-refractivity contribution in [1.82, 2.24) is 14.5 Å². The van der Waals surface area contributed by atoms with Gasteiger partial charge < -0.3 is 15.0 Å². The van der Waals surface area contributed by atoms with E-state index in [-0.39, 0.29) is 11.8 Å². The van der Waals surface area contributed by atoms with Crippen molar-refractivity contribution in [3.05, 3.63) is 64.1 Å². The van der Waals surface area contributed by atoms with Gasteiger partial charge in [-0.3, -0.25) is 0 Å². The molecule has 2 aromatic rings. The molecular formula is C20H24BrN3O4S. The predicted octanol–water partition coefficient (Wildman–Crippen LogP) is 2.81. The van der Waals surface area contributed by atoms with E-state index in [0.717, 1.165) is 15.6 Å². The zero-order valence-corrected chi connectivity index (χ0v) is 18.6. The minimum absolute atomic E-state index is 0.0251. The van der Waals surface area contributed by atoms with E-state index in [0.29, 0.717) is 38.5 Å². The lowest BCUT2D eigenvalue weighted by Crippen LogP contribution is -2.53. The third-order valence-electron chi connectivity index (χ3n) is 4.78. The van der Waals surface area contributed by atoms with Gasteiger partial charge in [-0.2, -0.15) is 4.31 Å². The molecule has 1 aliphatic heterocycles. The number of halogens is 1. The average molecular weight is 482 g/mol. The number of amides is 2. The Morgan fingerprint density at radius 1 is 1.10 bits per heavy atom. The van der Waals surface area contributed by atoms with Crippen LogP contribution in [0.3, 0.4) is 0 Å². The molecule has 0 bridgehead atoms. The molecule has 7 nitrogen and oxygen atoms in total. The molecule has 1 saturated heterocycles. The maximum Gasteiger partial charge on any atom is 0.317 e. The number of rotatable bonds is 6. The molecule has 1 heterocycles. The fourth-order valence-corrected chi connectivity index (χ4v) is 5.14. The maximum atomic E-state index is 12.6. The predicted molar refractivity (Wildman–Crippen MR) is 115 cm³/mol. The van der Waals surface area contributed by atoms with Gasteiger partial charge in [0, 0.05) is 42.8 Å². The first-order chi connectivity index (χ1) is 13.9. The van der Waals surface area contributed by atoms with Gasteiger partial charge >= 0.3 is 6.03 Å². The Morgan fingerprint density at radius 3 is 2.45 bits per heavy atom. The van der Waals surface area contributed by atoms with E-state index in [4.69, 9.17) is 4.74 Å². The zero-order valence-electron chi connectivity index (χ0n) is 16.2. The number of nitrogens with one attached hydrogen (secondary N) is 1. The van der Waals surface area contributed by atoms with Gasteiger partial charge in [0.15, 0.2) is 0 Å². The Labute approximate surface area is 179 Å². The van der Waals surface area contributed by atoms with E-state index in [9.17, 15) is 13.2 Å². The molecule has 0 atom stereocenters. The summed E-state index contributed by atoms with van der Waals surface area (Å²) in [5.41, 5.74) is 1.62. The van der Waals surface area contributed by atoms with Crippen LogP contribution in [0.15, 0.2) is 53.0 Å². The third-order valence-corrected chi connectivity index (χ3v) is 7.13. The molecule has 0 saturated carbocycles. The van der Waals surface area contributed by atoms with Crippen molar-refractivity contribution >= 4 is 32.0 Å². The number of benzene rings is 2. The van der Waals surface area contributed by atoms with E-state index in [1.807, 2.05) is 36.4 Å². The molecule has 0 aliphatic carbocycles. The third kappa shape index (κ3) is 5.71. The summed E-state index contributed by atoms with van der Waals surface area (Å²) in [6.45, 7) is 1.63. The van der Waals surface area contributed by atoms with Crippen molar-refractivity contribution in [3.63, 3.8) is 0 Å². The van der Waals surface area contributed by atoms with Crippen molar-refractivity contribution in [2.75, 3.05) is 33.3 Å². The second-order valence-corrected chi connectivity index (χ2v) is 9.63.